The molecule has 0 N–H and O–H groups in total. The summed E-state index contributed by atoms with van der Waals surface area (Å²) >= 11 is 1.54. The van der Waals surface area contributed by atoms with E-state index in [0.717, 1.165) is 10.6 Å². The van der Waals surface area contributed by atoms with Crippen LogP contribution in [-0.4, -0.2) is 17.5 Å². The zero-order chi connectivity index (χ0) is 11.0. The minimum atomic E-state index is -0.284. The van der Waals surface area contributed by atoms with Gasteiger partial charge in [-0.1, -0.05) is 24.3 Å². The van der Waals surface area contributed by atoms with E-state index in [0.29, 0.717) is 5.84 Å². The van der Waals surface area contributed by atoms with E-state index in [-0.39, 0.29) is 11.8 Å². The van der Waals surface area contributed by atoms with Crippen LogP contribution in [0.5, 0.6) is 0 Å². The van der Waals surface area contributed by atoms with Crippen molar-refractivity contribution < 1.29 is 4.79 Å². The molecule has 1 unspecified atom stereocenters. The van der Waals surface area contributed by atoms with Crippen LogP contribution in [0.25, 0.3) is 0 Å². The quantitative estimate of drug-likeness (QED) is 0.726. The third-order valence-corrected chi connectivity index (χ3v) is 3.32. The van der Waals surface area contributed by atoms with Gasteiger partial charge in [-0.05, 0) is 17.5 Å². The largest absolute Gasteiger partial charge is 0.271 e. The molecular formula is C12H8N2OS. The van der Waals surface area contributed by atoms with E-state index in [1.807, 2.05) is 41.8 Å². The van der Waals surface area contributed by atoms with Crippen LogP contribution < -0.4 is 0 Å². The fourth-order valence-corrected chi connectivity index (χ4v) is 2.34. The van der Waals surface area contributed by atoms with Crippen LogP contribution in [-0.2, 0) is 4.79 Å². The highest BCUT2D eigenvalue weighted by Gasteiger charge is 2.26. The van der Waals surface area contributed by atoms with Crippen molar-refractivity contribution in [2.75, 3.05) is 0 Å². The molecule has 0 saturated carbocycles. The van der Waals surface area contributed by atoms with E-state index in [1.54, 1.807) is 0 Å². The first-order valence-corrected chi connectivity index (χ1v) is 5.82. The number of fused-ring (bicyclic) bond motifs is 1. The summed E-state index contributed by atoms with van der Waals surface area (Å²) in [5.41, 5.74) is 0.783. The Morgan fingerprint density at radius 1 is 1.25 bits per heavy atom. The van der Waals surface area contributed by atoms with E-state index in [4.69, 9.17) is 0 Å². The molecule has 3 nitrogen and oxygen atoms in total. The van der Waals surface area contributed by atoms with E-state index < -0.39 is 0 Å². The van der Waals surface area contributed by atoms with Gasteiger partial charge in [-0.25, -0.2) is 4.99 Å². The van der Waals surface area contributed by atoms with Crippen molar-refractivity contribution in [3.05, 3.63) is 46.7 Å². The van der Waals surface area contributed by atoms with Crippen molar-refractivity contribution in [1.82, 2.24) is 0 Å². The highest BCUT2D eigenvalue weighted by Crippen LogP contribution is 2.20. The molecule has 1 aromatic heterocycles. The first-order valence-electron chi connectivity index (χ1n) is 4.94. The zero-order valence-electron chi connectivity index (χ0n) is 8.33. The number of amides is 1. The second kappa shape index (κ2) is 3.64. The van der Waals surface area contributed by atoms with E-state index in [2.05, 4.69) is 9.98 Å². The van der Waals surface area contributed by atoms with Crippen LogP contribution in [0.3, 0.4) is 0 Å². The van der Waals surface area contributed by atoms with Gasteiger partial charge in [-0.2, -0.15) is 4.99 Å². The molecule has 4 heteroatoms. The van der Waals surface area contributed by atoms with Gasteiger partial charge < -0.3 is 0 Å². The van der Waals surface area contributed by atoms with Gasteiger partial charge in [0.2, 0.25) is 0 Å². The summed E-state index contributed by atoms with van der Waals surface area (Å²) in [6, 6.07) is 3.85. The summed E-state index contributed by atoms with van der Waals surface area (Å²) in [5.74, 6) is 0.119. The Morgan fingerprint density at radius 3 is 3.00 bits per heavy atom. The van der Waals surface area contributed by atoms with Crippen molar-refractivity contribution in [1.29, 1.82) is 0 Å². The molecule has 16 heavy (non-hydrogen) atoms. The van der Waals surface area contributed by atoms with E-state index in [1.165, 1.54) is 11.3 Å². The maximum Gasteiger partial charge on any atom is 0.260 e. The van der Waals surface area contributed by atoms with Crippen molar-refractivity contribution in [3.8, 4) is 0 Å². The Hall–Kier alpha value is -1.81. The highest BCUT2D eigenvalue weighted by atomic mass is 32.1. The molecule has 1 amide bonds. The summed E-state index contributed by atoms with van der Waals surface area (Å²) < 4.78 is 0. The Labute approximate surface area is 96.6 Å². The lowest BCUT2D eigenvalue weighted by molar-refractivity contribution is -0.118. The summed E-state index contributed by atoms with van der Waals surface area (Å²) in [7, 11) is 0. The lowest BCUT2D eigenvalue weighted by atomic mass is 9.96. The standard InChI is InChI=1S/C12H8N2OS/c15-12-8-4-1-2-5-9(8)13-11(14-12)10-6-3-7-16-10/h1-8H. The molecule has 78 valence electrons. The summed E-state index contributed by atoms with van der Waals surface area (Å²) in [6.45, 7) is 0. The molecular weight excluding hydrogens is 220 g/mol. The van der Waals surface area contributed by atoms with Crippen molar-refractivity contribution in [3.63, 3.8) is 0 Å². The number of rotatable bonds is 1. The number of nitrogens with zero attached hydrogens (tertiary/aromatic N) is 2. The first kappa shape index (κ1) is 9.42. The molecule has 0 saturated heterocycles. The second-order valence-electron chi connectivity index (χ2n) is 3.51. The average molecular weight is 228 g/mol. The number of hydrogen-bond acceptors (Lipinski definition) is 3. The van der Waals surface area contributed by atoms with Gasteiger partial charge in [-0.3, -0.25) is 4.79 Å². The number of hydrogen-bond donors (Lipinski definition) is 0. The van der Waals surface area contributed by atoms with Crippen molar-refractivity contribution in [2.45, 2.75) is 0 Å². The number of thiophene rings is 1. The van der Waals surface area contributed by atoms with Crippen LogP contribution in [0.4, 0.5) is 0 Å². The predicted molar refractivity (Wildman–Crippen MR) is 65.1 cm³/mol. The van der Waals surface area contributed by atoms with Gasteiger partial charge in [0.15, 0.2) is 5.84 Å². The van der Waals surface area contributed by atoms with E-state index in [9.17, 15) is 4.79 Å². The highest BCUT2D eigenvalue weighted by molar-refractivity contribution is 7.12. The molecule has 0 radical (unpaired) electrons. The van der Waals surface area contributed by atoms with Gasteiger partial charge in [0, 0.05) is 0 Å². The second-order valence-corrected chi connectivity index (χ2v) is 4.46. The molecule has 3 rings (SSSR count). The van der Waals surface area contributed by atoms with Gasteiger partial charge in [0.05, 0.1) is 10.6 Å². The predicted octanol–water partition coefficient (Wildman–Crippen LogP) is 2.22. The molecule has 0 fully saturated rings. The number of allylic oxidation sites excluding steroid dienone is 3. The average Bonchev–Trinajstić information content (AvgIpc) is 2.82. The molecule has 1 atom stereocenters. The zero-order valence-corrected chi connectivity index (χ0v) is 9.15. The van der Waals surface area contributed by atoms with Crippen molar-refractivity contribution in [2.24, 2.45) is 15.9 Å². The maximum absolute atomic E-state index is 11.8. The minimum absolute atomic E-state index is 0.131. The summed E-state index contributed by atoms with van der Waals surface area (Å²) in [4.78, 5) is 21.2. The molecule has 1 aromatic rings. The van der Waals surface area contributed by atoms with Crippen LogP contribution >= 0.6 is 11.3 Å². The van der Waals surface area contributed by atoms with Crippen molar-refractivity contribution >= 4 is 28.8 Å². The fraction of sp³-hybridized carbons (Fsp3) is 0.0833. The lowest BCUT2D eigenvalue weighted by Crippen LogP contribution is -2.26. The minimum Gasteiger partial charge on any atom is -0.271 e. The Balaban J connectivity index is 2.05. The van der Waals surface area contributed by atoms with Gasteiger partial charge in [0.25, 0.3) is 5.91 Å². The molecule has 0 spiro atoms. The molecule has 1 aliphatic heterocycles. The Bertz CT molecular complexity index is 550. The number of carbonyl (C=O) groups is 1. The SMILES string of the molecule is O=C1N=C(c2cccs2)N=C2C=CC=CC12. The smallest absolute Gasteiger partial charge is 0.260 e. The Kier molecular flexibility index (Phi) is 2.15. The molecule has 0 bridgehead atoms. The van der Waals surface area contributed by atoms with Crippen LogP contribution in [0.15, 0.2) is 51.8 Å². The van der Waals surface area contributed by atoms with Gasteiger partial charge in [-0.15, -0.1) is 11.3 Å². The number of carbonyl (C=O) groups excluding carboxylic acids is 1. The summed E-state index contributed by atoms with van der Waals surface area (Å²) in [6.07, 6.45) is 7.44. The third kappa shape index (κ3) is 1.47. The van der Waals surface area contributed by atoms with Crippen LogP contribution in [0, 0.1) is 5.92 Å². The molecule has 2 aliphatic rings. The number of aliphatic imine (C=N–C) groups is 2. The van der Waals surface area contributed by atoms with E-state index >= 15 is 0 Å². The molecule has 2 heterocycles. The fourth-order valence-electron chi connectivity index (χ4n) is 1.68. The Morgan fingerprint density at radius 2 is 2.19 bits per heavy atom. The first-order chi connectivity index (χ1) is 7.84. The topological polar surface area (TPSA) is 41.8 Å². The lowest BCUT2D eigenvalue weighted by Gasteiger charge is -2.16. The summed E-state index contributed by atoms with van der Waals surface area (Å²) in [5, 5.41) is 1.95. The monoisotopic (exact) mass is 228 g/mol. The molecule has 1 aliphatic carbocycles. The van der Waals surface area contributed by atoms with Crippen LogP contribution in [0.2, 0.25) is 0 Å². The number of amidine groups is 1. The molecule has 0 aromatic carbocycles. The third-order valence-electron chi connectivity index (χ3n) is 2.46. The van der Waals surface area contributed by atoms with Crippen LogP contribution in [0.1, 0.15) is 4.88 Å². The van der Waals surface area contributed by atoms with Gasteiger partial charge >= 0.3 is 0 Å². The maximum atomic E-state index is 11.8. The van der Waals surface area contributed by atoms with Gasteiger partial charge in [0.1, 0.15) is 5.92 Å². The normalized spacial score (nSPS) is 22.8.